The van der Waals surface area contributed by atoms with Gasteiger partial charge in [-0.3, -0.25) is 0 Å². The molecular weight excluding hydrogens is 164 g/mol. The van der Waals surface area contributed by atoms with E-state index in [2.05, 4.69) is 6.92 Å². The highest BCUT2D eigenvalue weighted by Crippen LogP contribution is 2.03. The highest BCUT2D eigenvalue weighted by molar-refractivity contribution is 5.06. The molecule has 1 heterocycles. The zero-order valence-corrected chi connectivity index (χ0v) is 8.08. The van der Waals surface area contributed by atoms with Crippen molar-refractivity contribution in [3.63, 3.8) is 0 Å². The van der Waals surface area contributed by atoms with E-state index in [-0.39, 0.29) is 5.63 Å². The van der Waals surface area contributed by atoms with Gasteiger partial charge in [-0.25, -0.2) is 4.79 Å². The minimum atomic E-state index is -0.181. The van der Waals surface area contributed by atoms with Gasteiger partial charge in [-0.05, 0) is 25.0 Å². The van der Waals surface area contributed by atoms with E-state index in [0.717, 1.165) is 18.4 Å². The van der Waals surface area contributed by atoms with E-state index < -0.39 is 0 Å². The van der Waals surface area contributed by atoms with Gasteiger partial charge in [0.05, 0.1) is 6.26 Å². The van der Waals surface area contributed by atoms with Crippen LogP contribution in [-0.4, -0.2) is 0 Å². The molecule has 0 N–H and O–H groups in total. The maximum atomic E-state index is 11.1. The fourth-order valence-electron chi connectivity index (χ4n) is 1.33. The Morgan fingerprint density at radius 1 is 1.31 bits per heavy atom. The van der Waals surface area contributed by atoms with E-state index in [4.69, 9.17) is 4.42 Å². The Morgan fingerprint density at radius 3 is 2.85 bits per heavy atom. The molecule has 0 saturated carbocycles. The van der Waals surface area contributed by atoms with Gasteiger partial charge < -0.3 is 4.42 Å². The lowest BCUT2D eigenvalue weighted by Gasteiger charge is -1.97. The summed E-state index contributed by atoms with van der Waals surface area (Å²) < 4.78 is 4.76. The van der Waals surface area contributed by atoms with Gasteiger partial charge in [-0.1, -0.05) is 26.2 Å². The van der Waals surface area contributed by atoms with Gasteiger partial charge in [0.25, 0.3) is 0 Å². The molecule has 1 aromatic heterocycles. The van der Waals surface area contributed by atoms with Gasteiger partial charge in [0.15, 0.2) is 0 Å². The van der Waals surface area contributed by atoms with Gasteiger partial charge in [0.2, 0.25) is 0 Å². The van der Waals surface area contributed by atoms with E-state index >= 15 is 0 Å². The summed E-state index contributed by atoms with van der Waals surface area (Å²) in [6.07, 6.45) is 7.04. The summed E-state index contributed by atoms with van der Waals surface area (Å²) in [5.74, 6) is 0. The maximum absolute atomic E-state index is 11.1. The Morgan fingerprint density at radius 2 is 2.15 bits per heavy atom. The van der Waals surface area contributed by atoms with Crippen molar-refractivity contribution in [3.05, 3.63) is 34.4 Å². The van der Waals surface area contributed by atoms with E-state index in [1.165, 1.54) is 25.5 Å². The number of unbranched alkanes of at least 4 members (excludes halogenated alkanes) is 3. The summed E-state index contributed by atoms with van der Waals surface area (Å²) in [5, 5.41) is 0. The van der Waals surface area contributed by atoms with Crippen LogP contribution in [0.4, 0.5) is 0 Å². The number of hydrogen-bond donors (Lipinski definition) is 0. The first-order valence-corrected chi connectivity index (χ1v) is 4.91. The summed E-state index contributed by atoms with van der Waals surface area (Å²) >= 11 is 0. The molecule has 0 unspecified atom stereocenters. The van der Waals surface area contributed by atoms with Crippen LogP contribution in [0.3, 0.4) is 0 Å². The lowest BCUT2D eigenvalue weighted by Crippen LogP contribution is -2.05. The van der Waals surface area contributed by atoms with E-state index in [1.807, 2.05) is 6.07 Å². The summed E-state index contributed by atoms with van der Waals surface area (Å²) in [6, 6.07) is 3.62. The molecule has 0 fully saturated rings. The molecule has 0 aromatic carbocycles. The number of hydrogen-bond acceptors (Lipinski definition) is 2. The summed E-state index contributed by atoms with van der Waals surface area (Å²) in [7, 11) is 0. The third-order valence-electron chi connectivity index (χ3n) is 2.11. The van der Waals surface area contributed by atoms with Crippen LogP contribution in [-0.2, 0) is 6.42 Å². The minimum absolute atomic E-state index is 0.181. The summed E-state index contributed by atoms with van der Waals surface area (Å²) in [6.45, 7) is 2.18. The quantitative estimate of drug-likeness (QED) is 0.652. The molecule has 0 spiro atoms. The molecule has 0 radical (unpaired) electrons. The first-order valence-electron chi connectivity index (χ1n) is 4.91. The van der Waals surface area contributed by atoms with Crippen molar-refractivity contribution in [3.8, 4) is 0 Å². The van der Waals surface area contributed by atoms with Gasteiger partial charge in [0.1, 0.15) is 0 Å². The zero-order chi connectivity index (χ0) is 9.52. The molecule has 0 aliphatic carbocycles. The van der Waals surface area contributed by atoms with Gasteiger partial charge >= 0.3 is 5.63 Å². The molecule has 1 aromatic rings. The first kappa shape index (κ1) is 10.0. The highest BCUT2D eigenvalue weighted by atomic mass is 16.4. The van der Waals surface area contributed by atoms with Crippen molar-refractivity contribution in [2.75, 3.05) is 0 Å². The molecule has 0 atom stereocenters. The molecule has 13 heavy (non-hydrogen) atoms. The van der Waals surface area contributed by atoms with Crippen LogP contribution >= 0.6 is 0 Å². The minimum Gasteiger partial charge on any atom is -0.431 e. The number of aryl methyl sites for hydroxylation is 1. The van der Waals surface area contributed by atoms with Crippen LogP contribution in [0.5, 0.6) is 0 Å². The Kier molecular flexibility index (Phi) is 4.30. The molecular formula is C11H16O2. The van der Waals surface area contributed by atoms with Gasteiger partial charge in [0, 0.05) is 5.56 Å². The maximum Gasteiger partial charge on any atom is 0.338 e. The lowest BCUT2D eigenvalue weighted by atomic mass is 10.1. The van der Waals surface area contributed by atoms with Crippen LogP contribution in [0, 0.1) is 0 Å². The molecule has 2 heteroatoms. The van der Waals surface area contributed by atoms with Gasteiger partial charge in [-0.2, -0.15) is 0 Å². The summed E-state index contributed by atoms with van der Waals surface area (Å²) in [5.41, 5.74) is 0.623. The lowest BCUT2D eigenvalue weighted by molar-refractivity contribution is 0.498. The first-order chi connectivity index (χ1) is 6.34. The van der Waals surface area contributed by atoms with Crippen LogP contribution in [0.25, 0.3) is 0 Å². The zero-order valence-electron chi connectivity index (χ0n) is 8.08. The predicted octanol–water partition coefficient (Wildman–Crippen LogP) is 2.76. The fourth-order valence-corrected chi connectivity index (χ4v) is 1.33. The standard InChI is InChI=1S/C11H16O2/c1-2-3-4-5-7-10-8-6-9-13-11(10)12/h6,8-9H,2-5,7H2,1H3. The second-order valence-corrected chi connectivity index (χ2v) is 3.24. The van der Waals surface area contributed by atoms with E-state index in [1.54, 1.807) is 6.07 Å². The smallest absolute Gasteiger partial charge is 0.338 e. The Balaban J connectivity index is 2.37. The highest BCUT2D eigenvalue weighted by Gasteiger charge is 1.98. The Labute approximate surface area is 78.6 Å². The Bertz CT molecular complexity index is 288. The fraction of sp³-hybridized carbons (Fsp3) is 0.545. The van der Waals surface area contributed by atoms with Crippen molar-refractivity contribution >= 4 is 0 Å². The molecule has 0 bridgehead atoms. The summed E-state index contributed by atoms with van der Waals surface area (Å²) in [4.78, 5) is 11.1. The molecule has 0 aliphatic heterocycles. The van der Waals surface area contributed by atoms with Crippen molar-refractivity contribution in [2.45, 2.75) is 39.0 Å². The van der Waals surface area contributed by atoms with E-state index in [0.29, 0.717) is 0 Å². The average Bonchev–Trinajstić information content (AvgIpc) is 2.15. The van der Waals surface area contributed by atoms with Crippen molar-refractivity contribution in [1.29, 1.82) is 0 Å². The van der Waals surface area contributed by atoms with Crippen molar-refractivity contribution in [1.82, 2.24) is 0 Å². The average molecular weight is 180 g/mol. The van der Waals surface area contributed by atoms with Gasteiger partial charge in [-0.15, -0.1) is 0 Å². The molecule has 72 valence electrons. The molecule has 0 amide bonds. The molecule has 2 nitrogen and oxygen atoms in total. The largest absolute Gasteiger partial charge is 0.431 e. The van der Waals surface area contributed by atoms with Crippen LogP contribution in [0.2, 0.25) is 0 Å². The van der Waals surface area contributed by atoms with Crippen LogP contribution in [0.15, 0.2) is 27.6 Å². The SMILES string of the molecule is CCCCCCc1cccoc1=O. The normalized spacial score (nSPS) is 10.2. The second-order valence-electron chi connectivity index (χ2n) is 3.24. The second kappa shape index (κ2) is 5.57. The molecule has 1 rings (SSSR count). The van der Waals surface area contributed by atoms with Crippen molar-refractivity contribution < 1.29 is 4.42 Å². The predicted molar refractivity (Wildman–Crippen MR) is 52.8 cm³/mol. The molecule has 0 saturated heterocycles. The van der Waals surface area contributed by atoms with Crippen molar-refractivity contribution in [2.24, 2.45) is 0 Å². The third kappa shape index (κ3) is 3.45. The van der Waals surface area contributed by atoms with E-state index in [9.17, 15) is 4.79 Å². The molecule has 0 aliphatic rings. The monoisotopic (exact) mass is 180 g/mol. The van der Waals surface area contributed by atoms with Crippen LogP contribution < -0.4 is 5.63 Å². The number of rotatable bonds is 5. The Hall–Kier alpha value is -1.05. The topological polar surface area (TPSA) is 30.2 Å². The third-order valence-corrected chi connectivity index (χ3v) is 2.11. The van der Waals surface area contributed by atoms with Crippen LogP contribution in [0.1, 0.15) is 38.2 Å².